The number of ether oxygens (including phenoxy) is 1. The van der Waals surface area contributed by atoms with Gasteiger partial charge in [-0.1, -0.05) is 0 Å². The lowest BCUT2D eigenvalue weighted by atomic mass is 9.95. The highest BCUT2D eigenvalue weighted by molar-refractivity contribution is 7.19. The predicted molar refractivity (Wildman–Crippen MR) is 112 cm³/mol. The number of hydrogen-bond donors (Lipinski definition) is 1. The maximum absolute atomic E-state index is 9.72. The number of nitrogens with zero attached hydrogens (tertiary/aromatic N) is 4. The van der Waals surface area contributed by atoms with Gasteiger partial charge in [0, 0.05) is 37.7 Å². The molecule has 0 amide bonds. The number of aryl methyl sites for hydroxylation is 2. The number of aliphatic hydroxyl groups is 1. The van der Waals surface area contributed by atoms with E-state index in [0.717, 1.165) is 76.8 Å². The van der Waals surface area contributed by atoms with E-state index in [1.165, 1.54) is 39.9 Å². The summed E-state index contributed by atoms with van der Waals surface area (Å²) >= 11 is 1.89. The zero-order valence-corrected chi connectivity index (χ0v) is 17.3. The number of aromatic nitrogens is 2. The van der Waals surface area contributed by atoms with E-state index in [-0.39, 0.29) is 6.61 Å². The summed E-state index contributed by atoms with van der Waals surface area (Å²) < 4.78 is 5.49. The lowest BCUT2D eigenvalue weighted by molar-refractivity contribution is 0.0331. The third kappa shape index (κ3) is 3.65. The summed E-state index contributed by atoms with van der Waals surface area (Å²) in [5.41, 5.74) is 1.50. The van der Waals surface area contributed by atoms with Crippen molar-refractivity contribution in [3.63, 3.8) is 0 Å². The molecule has 4 heterocycles. The monoisotopic (exact) mass is 402 g/mol. The van der Waals surface area contributed by atoms with Crippen LogP contribution < -0.4 is 4.90 Å². The van der Waals surface area contributed by atoms with Crippen molar-refractivity contribution in [2.75, 3.05) is 50.9 Å². The van der Waals surface area contributed by atoms with Gasteiger partial charge in [0.2, 0.25) is 0 Å². The highest BCUT2D eigenvalue weighted by atomic mass is 32.1. The summed E-state index contributed by atoms with van der Waals surface area (Å²) in [6, 6.07) is 0. The van der Waals surface area contributed by atoms with E-state index < -0.39 is 0 Å². The van der Waals surface area contributed by atoms with Gasteiger partial charge in [0.15, 0.2) is 0 Å². The first kappa shape index (κ1) is 18.7. The van der Waals surface area contributed by atoms with E-state index in [2.05, 4.69) is 9.80 Å². The standard InChI is InChI=1S/C21H30N4O2S/c26-14-15-4-3-7-25(12-15)20-19-16-5-1-2-6-17(16)28-21(19)23-18(22-20)13-24-8-10-27-11-9-24/h15,26H,1-14H2/t15-/m0/s1. The minimum absolute atomic E-state index is 0.271. The molecule has 28 heavy (non-hydrogen) atoms. The molecule has 3 aliphatic rings. The Balaban J connectivity index is 1.55. The number of anilines is 1. The normalized spacial score (nSPS) is 23.9. The number of morpholine rings is 1. The molecule has 1 N–H and O–H groups in total. The summed E-state index contributed by atoms with van der Waals surface area (Å²) in [7, 11) is 0. The summed E-state index contributed by atoms with van der Waals surface area (Å²) in [5.74, 6) is 2.43. The van der Waals surface area contributed by atoms with Gasteiger partial charge in [-0.2, -0.15) is 0 Å². The summed E-state index contributed by atoms with van der Waals surface area (Å²) in [4.78, 5) is 17.7. The van der Waals surface area contributed by atoms with Gasteiger partial charge in [-0.15, -0.1) is 11.3 Å². The minimum Gasteiger partial charge on any atom is -0.396 e. The van der Waals surface area contributed by atoms with Crippen LogP contribution in [-0.4, -0.2) is 66.0 Å². The highest BCUT2D eigenvalue weighted by Crippen LogP contribution is 2.40. The Kier molecular flexibility index (Phi) is 5.50. The van der Waals surface area contributed by atoms with Gasteiger partial charge in [-0.05, 0) is 50.0 Å². The van der Waals surface area contributed by atoms with Gasteiger partial charge in [-0.3, -0.25) is 4.90 Å². The molecule has 0 unspecified atom stereocenters. The lowest BCUT2D eigenvalue weighted by Crippen LogP contribution is -2.38. The van der Waals surface area contributed by atoms with Crippen molar-refractivity contribution in [2.24, 2.45) is 5.92 Å². The van der Waals surface area contributed by atoms with Gasteiger partial charge in [-0.25, -0.2) is 9.97 Å². The second-order valence-corrected chi connectivity index (χ2v) is 9.46. The van der Waals surface area contributed by atoms with Crippen molar-refractivity contribution < 1.29 is 9.84 Å². The Morgan fingerprint density at radius 2 is 1.93 bits per heavy atom. The Morgan fingerprint density at radius 1 is 1.07 bits per heavy atom. The van der Waals surface area contributed by atoms with Crippen LogP contribution in [0.1, 0.15) is 41.9 Å². The van der Waals surface area contributed by atoms with Crippen LogP contribution in [0.2, 0.25) is 0 Å². The molecule has 0 aromatic carbocycles. The predicted octanol–water partition coefficient (Wildman–Crippen LogP) is 2.61. The van der Waals surface area contributed by atoms with Gasteiger partial charge in [0.1, 0.15) is 16.5 Å². The largest absolute Gasteiger partial charge is 0.396 e. The van der Waals surface area contributed by atoms with Crippen molar-refractivity contribution in [1.82, 2.24) is 14.9 Å². The minimum atomic E-state index is 0.271. The van der Waals surface area contributed by atoms with Crippen molar-refractivity contribution >= 4 is 27.4 Å². The van der Waals surface area contributed by atoms with E-state index >= 15 is 0 Å². The molecular weight excluding hydrogens is 372 g/mol. The Bertz CT molecular complexity index is 833. The van der Waals surface area contributed by atoms with Crippen LogP contribution >= 0.6 is 11.3 Å². The van der Waals surface area contributed by atoms with E-state index in [1.807, 2.05) is 11.3 Å². The third-order valence-corrected chi connectivity index (χ3v) is 7.57. The fourth-order valence-electron chi connectivity index (χ4n) is 4.85. The molecule has 7 heteroatoms. The molecule has 0 radical (unpaired) electrons. The highest BCUT2D eigenvalue weighted by Gasteiger charge is 2.27. The first-order valence-electron chi connectivity index (χ1n) is 10.8. The molecule has 2 aliphatic heterocycles. The van der Waals surface area contributed by atoms with Crippen molar-refractivity contribution in [2.45, 2.75) is 45.1 Å². The fraction of sp³-hybridized carbons (Fsp3) is 0.714. The Hall–Kier alpha value is -1.28. The molecular formula is C21H30N4O2S. The molecule has 5 rings (SSSR count). The first-order chi connectivity index (χ1) is 13.8. The third-order valence-electron chi connectivity index (χ3n) is 6.39. The smallest absolute Gasteiger partial charge is 0.146 e. The lowest BCUT2D eigenvalue weighted by Gasteiger charge is -2.34. The number of rotatable bonds is 4. The van der Waals surface area contributed by atoms with E-state index in [4.69, 9.17) is 14.7 Å². The zero-order valence-electron chi connectivity index (χ0n) is 16.5. The van der Waals surface area contributed by atoms with Gasteiger partial charge >= 0.3 is 0 Å². The van der Waals surface area contributed by atoms with Crippen LogP contribution in [0.25, 0.3) is 10.2 Å². The second kappa shape index (κ2) is 8.22. The van der Waals surface area contributed by atoms with Crippen LogP contribution in [0.4, 0.5) is 5.82 Å². The molecule has 0 bridgehead atoms. The van der Waals surface area contributed by atoms with E-state index in [0.29, 0.717) is 5.92 Å². The quantitative estimate of drug-likeness (QED) is 0.848. The number of hydrogen-bond acceptors (Lipinski definition) is 7. The van der Waals surface area contributed by atoms with Crippen LogP contribution in [-0.2, 0) is 24.1 Å². The van der Waals surface area contributed by atoms with Crippen LogP contribution in [0.15, 0.2) is 0 Å². The molecule has 152 valence electrons. The summed E-state index contributed by atoms with van der Waals surface area (Å²) in [5, 5.41) is 11.0. The fourth-order valence-corrected chi connectivity index (χ4v) is 6.12. The zero-order chi connectivity index (χ0) is 18.9. The van der Waals surface area contributed by atoms with Crippen molar-refractivity contribution in [1.29, 1.82) is 0 Å². The SMILES string of the molecule is OC[C@H]1CCCN(c2nc(CN3CCOCC3)nc3sc4c(c23)CCCC4)C1. The molecule has 1 aliphatic carbocycles. The number of fused-ring (bicyclic) bond motifs is 3. The van der Waals surface area contributed by atoms with Crippen LogP contribution in [0.3, 0.4) is 0 Å². The molecule has 0 spiro atoms. The molecule has 0 saturated carbocycles. The average Bonchev–Trinajstić information content (AvgIpc) is 3.12. The van der Waals surface area contributed by atoms with Crippen LogP contribution in [0, 0.1) is 5.92 Å². The molecule has 2 fully saturated rings. The first-order valence-corrected chi connectivity index (χ1v) is 11.6. The maximum atomic E-state index is 9.72. The molecule has 1 atom stereocenters. The van der Waals surface area contributed by atoms with E-state index in [1.54, 1.807) is 0 Å². The van der Waals surface area contributed by atoms with E-state index in [9.17, 15) is 5.11 Å². The number of aliphatic hydroxyl groups excluding tert-OH is 1. The Morgan fingerprint density at radius 3 is 2.79 bits per heavy atom. The number of piperidine rings is 1. The topological polar surface area (TPSA) is 61.7 Å². The van der Waals surface area contributed by atoms with Crippen molar-refractivity contribution in [3.05, 3.63) is 16.3 Å². The average molecular weight is 403 g/mol. The van der Waals surface area contributed by atoms with Crippen molar-refractivity contribution in [3.8, 4) is 0 Å². The molecule has 2 saturated heterocycles. The van der Waals surface area contributed by atoms with Crippen LogP contribution in [0.5, 0.6) is 0 Å². The van der Waals surface area contributed by atoms with Gasteiger partial charge in [0.05, 0.1) is 25.1 Å². The maximum Gasteiger partial charge on any atom is 0.146 e. The number of thiophene rings is 1. The molecule has 2 aromatic heterocycles. The van der Waals surface area contributed by atoms with Gasteiger partial charge in [0.25, 0.3) is 0 Å². The Labute approximate surface area is 170 Å². The van der Waals surface area contributed by atoms with Gasteiger partial charge < -0.3 is 14.7 Å². The molecule has 2 aromatic rings. The molecule has 6 nitrogen and oxygen atoms in total. The second-order valence-electron chi connectivity index (χ2n) is 8.38. The summed E-state index contributed by atoms with van der Waals surface area (Å²) in [6.07, 6.45) is 7.15. The summed E-state index contributed by atoms with van der Waals surface area (Å²) in [6.45, 7) is 6.51.